The van der Waals surface area contributed by atoms with Crippen LogP contribution in [0.3, 0.4) is 0 Å². The topological polar surface area (TPSA) is 27.7 Å². The van der Waals surface area contributed by atoms with E-state index in [1.165, 1.54) is 5.56 Å². The summed E-state index contributed by atoms with van der Waals surface area (Å²) < 4.78 is 16.4. The van der Waals surface area contributed by atoms with Gasteiger partial charge in [-0.15, -0.1) is 0 Å². The van der Waals surface area contributed by atoms with E-state index in [0.717, 1.165) is 10.9 Å². The molecule has 0 amide bonds. The highest BCUT2D eigenvalue weighted by molar-refractivity contribution is 9.09. The lowest BCUT2D eigenvalue weighted by Crippen LogP contribution is -2.08. The molecule has 0 bridgehead atoms. The van der Waals surface area contributed by atoms with Gasteiger partial charge in [-0.3, -0.25) is 0 Å². The zero-order valence-electron chi connectivity index (χ0n) is 10.2. The minimum atomic E-state index is -0.210. The Labute approximate surface area is 116 Å². The first kappa shape index (κ1) is 13.7. The maximum Gasteiger partial charge on any atom is 0.177 e. The van der Waals surface area contributed by atoms with Crippen molar-refractivity contribution in [1.29, 1.82) is 0 Å². The van der Waals surface area contributed by atoms with E-state index in [0.29, 0.717) is 26.4 Å². The van der Waals surface area contributed by atoms with Gasteiger partial charge in [0.15, 0.2) is 6.29 Å². The van der Waals surface area contributed by atoms with Crippen molar-refractivity contribution < 1.29 is 14.2 Å². The third-order valence-corrected chi connectivity index (χ3v) is 3.31. The van der Waals surface area contributed by atoms with E-state index in [-0.39, 0.29) is 6.29 Å². The Morgan fingerprint density at radius 2 is 2.00 bits per heavy atom. The zero-order valence-corrected chi connectivity index (χ0v) is 11.8. The molecule has 3 nitrogen and oxygen atoms in total. The highest BCUT2D eigenvalue weighted by atomic mass is 79.9. The summed E-state index contributed by atoms with van der Waals surface area (Å²) >= 11 is 3.45. The van der Waals surface area contributed by atoms with E-state index in [1.54, 1.807) is 0 Å². The van der Waals surface area contributed by atoms with Crippen LogP contribution in [0.5, 0.6) is 0 Å². The Bertz CT molecular complexity index is 372. The molecule has 1 aliphatic heterocycles. The van der Waals surface area contributed by atoms with Crippen molar-refractivity contribution >= 4 is 15.9 Å². The van der Waals surface area contributed by atoms with Crippen LogP contribution < -0.4 is 0 Å². The summed E-state index contributed by atoms with van der Waals surface area (Å²) in [7, 11) is 0. The summed E-state index contributed by atoms with van der Waals surface area (Å²) in [6.45, 7) is 2.55. The van der Waals surface area contributed by atoms with Crippen LogP contribution in [0.1, 0.15) is 5.56 Å². The van der Waals surface area contributed by atoms with Crippen molar-refractivity contribution in [2.45, 2.75) is 12.9 Å². The van der Waals surface area contributed by atoms with Crippen molar-refractivity contribution in [3.63, 3.8) is 0 Å². The van der Waals surface area contributed by atoms with Crippen LogP contribution in [0.25, 0.3) is 0 Å². The molecule has 1 aromatic carbocycles. The molecular weight excluding hydrogens is 296 g/mol. The molecule has 1 fully saturated rings. The lowest BCUT2D eigenvalue weighted by atomic mass is 10.2. The monoisotopic (exact) mass is 312 g/mol. The molecule has 2 rings (SSSR count). The second kappa shape index (κ2) is 7.69. The number of benzene rings is 1. The van der Waals surface area contributed by atoms with Crippen LogP contribution in [-0.4, -0.2) is 31.4 Å². The molecular formula is C14H17BrO3. The molecule has 0 aromatic heterocycles. The second-order valence-corrected chi connectivity index (χ2v) is 4.61. The maximum absolute atomic E-state index is 5.67. The molecule has 0 atom stereocenters. The molecule has 98 valence electrons. The minimum Gasteiger partial charge on any atom is -0.372 e. The Hall–Kier alpha value is -0.680. The van der Waals surface area contributed by atoms with Gasteiger partial charge < -0.3 is 14.2 Å². The van der Waals surface area contributed by atoms with Gasteiger partial charge in [0, 0.05) is 5.33 Å². The average molecular weight is 313 g/mol. The standard InChI is InChI=1S/C14H17BrO3/c15-9-13(8-14-17-6-7-18-14)11-16-10-12-4-2-1-3-5-12/h1-5,8,14H,6-7,9-11H2/b13-8+. The van der Waals surface area contributed by atoms with E-state index in [9.17, 15) is 0 Å². The number of hydrogen-bond acceptors (Lipinski definition) is 3. The van der Waals surface area contributed by atoms with Gasteiger partial charge in [-0.25, -0.2) is 0 Å². The maximum atomic E-state index is 5.67. The van der Waals surface area contributed by atoms with Gasteiger partial charge in [0.05, 0.1) is 26.4 Å². The first-order valence-electron chi connectivity index (χ1n) is 5.99. The summed E-state index contributed by atoms with van der Waals surface area (Å²) in [6, 6.07) is 10.1. The molecule has 0 radical (unpaired) electrons. The van der Waals surface area contributed by atoms with E-state index in [4.69, 9.17) is 14.2 Å². The van der Waals surface area contributed by atoms with Gasteiger partial charge in [0.1, 0.15) is 0 Å². The van der Waals surface area contributed by atoms with Gasteiger partial charge in [-0.2, -0.15) is 0 Å². The van der Waals surface area contributed by atoms with Gasteiger partial charge in [-0.05, 0) is 17.2 Å². The SMILES string of the molecule is BrC/C(=C\C1OCCO1)COCc1ccccc1. The summed E-state index contributed by atoms with van der Waals surface area (Å²) in [6.07, 6.45) is 1.77. The zero-order chi connectivity index (χ0) is 12.6. The molecule has 1 heterocycles. The number of ether oxygens (including phenoxy) is 3. The number of alkyl halides is 1. The van der Waals surface area contributed by atoms with Gasteiger partial charge >= 0.3 is 0 Å². The molecule has 0 N–H and O–H groups in total. The van der Waals surface area contributed by atoms with Crippen molar-refractivity contribution in [3.05, 3.63) is 47.5 Å². The van der Waals surface area contributed by atoms with Crippen LogP contribution in [0.15, 0.2) is 42.0 Å². The highest BCUT2D eigenvalue weighted by Gasteiger charge is 2.13. The molecule has 1 aliphatic rings. The average Bonchev–Trinajstić information content (AvgIpc) is 2.92. The Kier molecular flexibility index (Phi) is 5.87. The minimum absolute atomic E-state index is 0.210. The third kappa shape index (κ3) is 4.53. The van der Waals surface area contributed by atoms with Crippen molar-refractivity contribution in [2.75, 3.05) is 25.2 Å². The van der Waals surface area contributed by atoms with Crippen molar-refractivity contribution in [3.8, 4) is 0 Å². The summed E-state index contributed by atoms with van der Waals surface area (Å²) in [5.74, 6) is 0. The normalized spacial score (nSPS) is 17.3. The predicted octanol–water partition coefficient (Wildman–Crippen LogP) is 2.90. The third-order valence-electron chi connectivity index (χ3n) is 2.59. The van der Waals surface area contributed by atoms with E-state index in [1.807, 2.05) is 24.3 Å². The summed E-state index contributed by atoms with van der Waals surface area (Å²) in [5, 5.41) is 0.769. The summed E-state index contributed by atoms with van der Waals surface area (Å²) in [4.78, 5) is 0. The first-order valence-corrected chi connectivity index (χ1v) is 7.11. The van der Waals surface area contributed by atoms with E-state index >= 15 is 0 Å². The Balaban J connectivity index is 1.76. The summed E-state index contributed by atoms with van der Waals surface area (Å²) in [5.41, 5.74) is 2.32. The van der Waals surface area contributed by atoms with Gasteiger partial charge in [0.25, 0.3) is 0 Å². The molecule has 1 aromatic rings. The largest absolute Gasteiger partial charge is 0.372 e. The lowest BCUT2D eigenvalue weighted by Gasteiger charge is -2.09. The Morgan fingerprint density at radius 3 is 2.67 bits per heavy atom. The molecule has 0 unspecified atom stereocenters. The van der Waals surface area contributed by atoms with Crippen LogP contribution >= 0.6 is 15.9 Å². The van der Waals surface area contributed by atoms with Crippen LogP contribution in [0, 0.1) is 0 Å². The molecule has 0 aliphatic carbocycles. The smallest absolute Gasteiger partial charge is 0.177 e. The fourth-order valence-electron chi connectivity index (χ4n) is 1.67. The molecule has 0 spiro atoms. The number of hydrogen-bond donors (Lipinski definition) is 0. The fourth-order valence-corrected chi connectivity index (χ4v) is 2.02. The molecule has 18 heavy (non-hydrogen) atoms. The first-order chi connectivity index (χ1) is 8.88. The van der Waals surface area contributed by atoms with Crippen LogP contribution in [-0.2, 0) is 20.8 Å². The number of halogens is 1. The van der Waals surface area contributed by atoms with Gasteiger partial charge in [-0.1, -0.05) is 46.3 Å². The highest BCUT2D eigenvalue weighted by Crippen LogP contribution is 2.11. The van der Waals surface area contributed by atoms with Gasteiger partial charge in [0.2, 0.25) is 0 Å². The van der Waals surface area contributed by atoms with E-state index in [2.05, 4.69) is 28.1 Å². The fraction of sp³-hybridized carbons (Fsp3) is 0.429. The van der Waals surface area contributed by atoms with Crippen LogP contribution in [0.4, 0.5) is 0 Å². The molecule has 1 saturated heterocycles. The predicted molar refractivity (Wildman–Crippen MR) is 73.7 cm³/mol. The Morgan fingerprint density at radius 1 is 1.28 bits per heavy atom. The quantitative estimate of drug-likeness (QED) is 0.597. The second-order valence-electron chi connectivity index (χ2n) is 4.05. The van der Waals surface area contributed by atoms with E-state index < -0.39 is 0 Å². The van der Waals surface area contributed by atoms with Crippen molar-refractivity contribution in [2.24, 2.45) is 0 Å². The lowest BCUT2D eigenvalue weighted by molar-refractivity contribution is -0.00288. The molecule has 4 heteroatoms. The molecule has 0 saturated carbocycles. The number of rotatable bonds is 6. The van der Waals surface area contributed by atoms with Crippen molar-refractivity contribution in [1.82, 2.24) is 0 Å². The van der Waals surface area contributed by atoms with Crippen LogP contribution in [0.2, 0.25) is 0 Å².